The molecule has 14 heteroatoms. The molecule has 4 rings (SSSR count). The van der Waals surface area contributed by atoms with Crippen molar-refractivity contribution >= 4 is 64.9 Å². The number of hydrogen-bond acceptors (Lipinski definition) is 7. The molecule has 8 nitrogen and oxygen atoms in total. The second kappa shape index (κ2) is 15.3. The Hall–Kier alpha value is -2.51. The molecule has 0 unspecified atom stereocenters. The van der Waals surface area contributed by atoms with E-state index < -0.39 is 16.6 Å². The number of H-pyrrole nitrogens is 1. The minimum Gasteiger partial charge on any atom is -0.326 e. The lowest BCUT2D eigenvalue weighted by molar-refractivity contribution is -0.107. The molecule has 2 aromatic carbocycles. The fourth-order valence-corrected chi connectivity index (χ4v) is 6.04. The Kier molecular flexibility index (Phi) is 12.4. The molecule has 0 saturated carbocycles. The van der Waals surface area contributed by atoms with Crippen LogP contribution >= 0.6 is 46.6 Å². The van der Waals surface area contributed by atoms with Gasteiger partial charge in [-0.25, -0.2) is 0 Å². The van der Waals surface area contributed by atoms with Crippen LogP contribution in [0.3, 0.4) is 0 Å². The molecular weight excluding hydrogens is 631 g/mol. The largest absolute Gasteiger partial charge is 0.362 e. The molecule has 1 aliphatic heterocycles. The van der Waals surface area contributed by atoms with Crippen LogP contribution in [-0.4, -0.2) is 49.8 Å². The monoisotopic (exact) mass is 659 g/mol. The van der Waals surface area contributed by atoms with Gasteiger partial charge in [0.1, 0.15) is 5.69 Å². The minimum atomic E-state index is -3.78. The van der Waals surface area contributed by atoms with E-state index in [1.807, 2.05) is 12.0 Å². The highest BCUT2D eigenvalue weighted by Gasteiger charge is 2.31. The van der Waals surface area contributed by atoms with Crippen LogP contribution < -0.4 is 21.5 Å². The van der Waals surface area contributed by atoms with E-state index in [9.17, 15) is 23.2 Å². The predicted octanol–water partition coefficient (Wildman–Crippen LogP) is 5.60. The van der Waals surface area contributed by atoms with Crippen molar-refractivity contribution in [3.8, 4) is 0 Å². The molecule has 0 saturated heterocycles. The van der Waals surface area contributed by atoms with Gasteiger partial charge >= 0.3 is 5.38 Å². The van der Waals surface area contributed by atoms with E-state index in [1.54, 1.807) is 23.1 Å². The lowest BCUT2D eigenvalue weighted by Gasteiger charge is -2.21. The van der Waals surface area contributed by atoms with Crippen LogP contribution in [0.25, 0.3) is 0 Å². The Labute approximate surface area is 261 Å². The molecule has 226 valence electrons. The van der Waals surface area contributed by atoms with Crippen molar-refractivity contribution in [3.05, 3.63) is 84.7 Å². The van der Waals surface area contributed by atoms with Crippen molar-refractivity contribution in [2.75, 3.05) is 32.1 Å². The lowest BCUT2D eigenvalue weighted by atomic mass is 10.0. The fourth-order valence-electron chi connectivity index (χ4n) is 4.33. The number of nitrogens with zero attached hydrogens (tertiary/aromatic N) is 2. The summed E-state index contributed by atoms with van der Waals surface area (Å²) in [7, 11) is 4.02. The molecule has 0 aliphatic carbocycles. The first-order valence-corrected chi connectivity index (χ1v) is 14.7. The number of aromatic amines is 1. The zero-order chi connectivity index (χ0) is 31.0. The molecule has 0 fully saturated rings. The summed E-state index contributed by atoms with van der Waals surface area (Å²) in [6.45, 7) is 3.98. The molecule has 42 heavy (non-hydrogen) atoms. The van der Waals surface area contributed by atoms with Crippen LogP contribution in [0.15, 0.2) is 51.0 Å². The number of fused-ring (bicyclic) bond motifs is 1. The highest BCUT2D eigenvalue weighted by molar-refractivity contribution is 7.99. The van der Waals surface area contributed by atoms with Gasteiger partial charge in [0.15, 0.2) is 6.29 Å². The summed E-state index contributed by atoms with van der Waals surface area (Å²) < 4.78 is 26.4. The highest BCUT2D eigenvalue weighted by atomic mass is 35.5. The molecule has 1 aromatic heterocycles. The predicted molar refractivity (Wildman–Crippen MR) is 164 cm³/mol. The summed E-state index contributed by atoms with van der Waals surface area (Å²) in [5.41, 5.74) is 8.40. The summed E-state index contributed by atoms with van der Waals surface area (Å²) in [5.74, 6) is 0. The number of amides is 1. The first kappa shape index (κ1) is 34.0. The first-order chi connectivity index (χ1) is 19.9. The summed E-state index contributed by atoms with van der Waals surface area (Å²) in [4.78, 5) is 40.4. The molecule has 1 aliphatic rings. The lowest BCUT2D eigenvalue weighted by Crippen LogP contribution is -2.26. The van der Waals surface area contributed by atoms with Crippen LogP contribution in [0.4, 0.5) is 14.5 Å². The van der Waals surface area contributed by atoms with Crippen molar-refractivity contribution in [2.24, 2.45) is 5.73 Å². The normalized spacial score (nSPS) is 12.9. The maximum absolute atomic E-state index is 13.2. The number of halogens is 5. The number of hydrogen-bond donors (Lipinski definition) is 3. The number of carbonyl (C=O) groups excluding carboxylic acids is 2. The van der Waals surface area contributed by atoms with Crippen LogP contribution in [-0.2, 0) is 29.8 Å². The second-order valence-electron chi connectivity index (χ2n) is 9.44. The third kappa shape index (κ3) is 8.53. The van der Waals surface area contributed by atoms with E-state index in [2.05, 4.69) is 29.4 Å². The van der Waals surface area contributed by atoms with E-state index in [0.29, 0.717) is 18.0 Å². The van der Waals surface area contributed by atoms with E-state index in [1.165, 1.54) is 11.1 Å². The van der Waals surface area contributed by atoms with Gasteiger partial charge < -0.3 is 20.9 Å². The van der Waals surface area contributed by atoms with Crippen LogP contribution in [0.1, 0.15) is 39.2 Å². The summed E-state index contributed by atoms with van der Waals surface area (Å²) in [5, 5.41) is -0.161. The van der Waals surface area contributed by atoms with Gasteiger partial charge in [0.25, 0.3) is 5.56 Å². The Morgan fingerprint density at radius 1 is 1.17 bits per heavy atom. The van der Waals surface area contributed by atoms with E-state index in [0.717, 1.165) is 61.5 Å². The summed E-state index contributed by atoms with van der Waals surface area (Å²) in [6, 6.07) is 9.90. The molecule has 0 bridgehead atoms. The Balaban J connectivity index is 0.000000231. The minimum absolute atomic E-state index is 0.0240. The zero-order valence-electron chi connectivity index (χ0n) is 22.9. The molecule has 1 amide bonds. The number of aromatic nitrogens is 1. The maximum atomic E-state index is 13.2. The number of nitrogens with one attached hydrogen (secondary N) is 2. The van der Waals surface area contributed by atoms with Gasteiger partial charge in [0, 0.05) is 41.7 Å². The zero-order valence-corrected chi connectivity index (χ0v) is 25.9. The van der Waals surface area contributed by atoms with Crippen molar-refractivity contribution in [3.63, 3.8) is 0 Å². The average molecular weight is 661 g/mol. The first-order valence-electron chi connectivity index (χ1n) is 12.7. The molecule has 0 atom stereocenters. The standard InChI is InChI=1S/C15H24N4O.C13H6Cl3F2NO2S/c1-17-4-3-5-19(11-20)15-7-14-10-18(2)9-13(14)6-12(15)8-16;14-7-2-1-3-8(15)11(7)22-9-4-10(13(16,17)18)19-12(21)6(9)5-20/h6-7,11,17H,3-5,8-10,16H2,1-2H3;1-5H,(H,19,21). The second-order valence-corrected chi connectivity index (χ2v) is 11.8. The van der Waals surface area contributed by atoms with E-state index in [-0.39, 0.29) is 26.8 Å². The highest BCUT2D eigenvalue weighted by Crippen LogP contribution is 2.40. The van der Waals surface area contributed by atoms with Gasteiger partial charge in [-0.1, -0.05) is 47.1 Å². The smallest absolute Gasteiger partial charge is 0.326 e. The topological polar surface area (TPSA) is 112 Å². The Bertz CT molecular complexity index is 1470. The van der Waals surface area contributed by atoms with Gasteiger partial charge in [-0.2, -0.15) is 8.78 Å². The Morgan fingerprint density at radius 3 is 2.36 bits per heavy atom. The molecule has 4 N–H and O–H groups in total. The number of carbonyl (C=O) groups is 2. The van der Waals surface area contributed by atoms with Crippen LogP contribution in [0.2, 0.25) is 10.0 Å². The van der Waals surface area contributed by atoms with Crippen molar-refractivity contribution in [1.82, 2.24) is 15.2 Å². The van der Waals surface area contributed by atoms with Crippen molar-refractivity contribution in [2.45, 2.75) is 41.2 Å². The molecule has 2 heterocycles. The van der Waals surface area contributed by atoms with Gasteiger partial charge in [-0.3, -0.25) is 19.3 Å². The third-order valence-corrected chi connectivity index (χ3v) is 8.61. The number of alkyl halides is 3. The number of benzene rings is 2. The van der Waals surface area contributed by atoms with Crippen molar-refractivity contribution in [1.29, 1.82) is 0 Å². The molecule has 0 radical (unpaired) electrons. The van der Waals surface area contributed by atoms with Gasteiger partial charge in [-0.05, 0) is 79.6 Å². The van der Waals surface area contributed by atoms with E-state index >= 15 is 0 Å². The number of nitrogens with two attached hydrogens (primary N) is 1. The summed E-state index contributed by atoms with van der Waals surface area (Å²) in [6.07, 6.45) is 2.10. The van der Waals surface area contributed by atoms with Crippen molar-refractivity contribution < 1.29 is 18.4 Å². The van der Waals surface area contributed by atoms with Gasteiger partial charge in [0.2, 0.25) is 6.41 Å². The average Bonchev–Trinajstić information content (AvgIpc) is 3.31. The number of rotatable bonds is 11. The molecular formula is C28H30Cl3F2N5O3S. The fraction of sp³-hybridized carbons (Fsp3) is 0.321. The number of pyridine rings is 1. The molecule has 0 spiro atoms. The third-order valence-electron chi connectivity index (χ3n) is 6.35. The summed E-state index contributed by atoms with van der Waals surface area (Å²) >= 11 is 17.7. The SMILES string of the molecule is CNCCCN(C=O)c1cc2c(cc1CN)CN(C)C2.O=Cc1c(Sc2c(Cl)cccc2Cl)cc(C(F)(F)Cl)[nH]c1=O. The van der Waals surface area contributed by atoms with Gasteiger partial charge in [0.05, 0.1) is 15.6 Å². The van der Waals surface area contributed by atoms with Crippen LogP contribution in [0.5, 0.6) is 0 Å². The Morgan fingerprint density at radius 2 is 1.81 bits per heavy atom. The number of anilines is 1. The van der Waals surface area contributed by atoms with Crippen LogP contribution in [0, 0.1) is 0 Å². The van der Waals surface area contributed by atoms with E-state index in [4.69, 9.17) is 40.5 Å². The maximum Gasteiger partial charge on any atom is 0.362 e. The number of aldehydes is 1. The molecule has 3 aromatic rings. The van der Waals surface area contributed by atoms with Gasteiger partial charge in [-0.15, -0.1) is 0 Å². The quantitative estimate of drug-likeness (QED) is 0.140.